The number of benzene rings is 1. The highest BCUT2D eigenvalue weighted by atomic mass is 16.5. The molecule has 1 aromatic carbocycles. The third-order valence-electron chi connectivity index (χ3n) is 6.34. The zero-order valence-electron chi connectivity index (χ0n) is 18.9. The molecule has 172 valence electrons. The van der Waals surface area contributed by atoms with E-state index in [2.05, 4.69) is 28.4 Å². The van der Waals surface area contributed by atoms with Crippen molar-refractivity contribution in [1.29, 1.82) is 0 Å². The van der Waals surface area contributed by atoms with E-state index in [1.54, 1.807) is 7.11 Å². The molecule has 6 heteroatoms. The van der Waals surface area contributed by atoms with E-state index in [0.29, 0.717) is 37.8 Å². The van der Waals surface area contributed by atoms with E-state index in [0.717, 1.165) is 69.5 Å². The summed E-state index contributed by atoms with van der Waals surface area (Å²) in [5, 5.41) is 3.39. The molecule has 2 aliphatic carbocycles. The van der Waals surface area contributed by atoms with Crippen molar-refractivity contribution in [2.75, 3.05) is 40.0 Å². The Morgan fingerprint density at radius 3 is 2.61 bits per heavy atom. The van der Waals surface area contributed by atoms with Gasteiger partial charge < -0.3 is 24.4 Å². The van der Waals surface area contributed by atoms with Crippen LogP contribution in [0.5, 0.6) is 5.75 Å². The predicted molar refractivity (Wildman–Crippen MR) is 120 cm³/mol. The lowest BCUT2D eigenvalue weighted by Crippen LogP contribution is -2.43. The van der Waals surface area contributed by atoms with Crippen LogP contribution in [0.4, 0.5) is 0 Å². The van der Waals surface area contributed by atoms with Crippen molar-refractivity contribution in [2.45, 2.75) is 70.1 Å². The first-order chi connectivity index (χ1) is 15.2. The summed E-state index contributed by atoms with van der Waals surface area (Å²) in [4.78, 5) is 15.4. The van der Waals surface area contributed by atoms with E-state index in [-0.39, 0.29) is 5.92 Å². The molecule has 1 N–H and O–H groups in total. The summed E-state index contributed by atoms with van der Waals surface area (Å²) in [7, 11) is 1.74. The number of methoxy groups -OCH3 is 1. The molecule has 1 heterocycles. The molecule has 1 aromatic rings. The monoisotopic (exact) mass is 430 g/mol. The molecule has 0 bridgehead atoms. The first kappa shape index (κ1) is 22.6. The summed E-state index contributed by atoms with van der Waals surface area (Å²) in [6.07, 6.45) is 9.08. The molecule has 1 amide bonds. The number of carbonyl (C=O) groups excluding carboxylic acids is 1. The lowest BCUT2D eigenvalue weighted by atomic mass is 9.97. The van der Waals surface area contributed by atoms with Crippen molar-refractivity contribution in [3.8, 4) is 5.75 Å². The Morgan fingerprint density at radius 2 is 1.90 bits per heavy atom. The maximum Gasteiger partial charge on any atom is 0.227 e. The number of hydrogen-bond acceptors (Lipinski definition) is 5. The molecule has 3 aliphatic rings. The quantitative estimate of drug-likeness (QED) is 0.487. The average molecular weight is 431 g/mol. The van der Waals surface area contributed by atoms with E-state index >= 15 is 0 Å². The van der Waals surface area contributed by atoms with E-state index in [4.69, 9.17) is 14.2 Å². The molecule has 31 heavy (non-hydrogen) atoms. The zero-order chi connectivity index (χ0) is 21.5. The van der Waals surface area contributed by atoms with Crippen LogP contribution in [0.1, 0.15) is 56.1 Å². The fourth-order valence-electron chi connectivity index (χ4n) is 4.34. The van der Waals surface area contributed by atoms with Gasteiger partial charge in [0.25, 0.3) is 0 Å². The Kier molecular flexibility index (Phi) is 8.22. The van der Waals surface area contributed by atoms with Gasteiger partial charge in [0.15, 0.2) is 0 Å². The number of aryl methyl sites for hydroxylation is 1. The molecule has 0 aromatic heterocycles. The maximum atomic E-state index is 13.3. The summed E-state index contributed by atoms with van der Waals surface area (Å²) in [6.45, 7) is 4.46. The average Bonchev–Trinajstić information content (AvgIpc) is 3.70. The molecule has 4 rings (SSSR count). The van der Waals surface area contributed by atoms with Crippen molar-refractivity contribution in [2.24, 2.45) is 5.92 Å². The molecular weight excluding hydrogens is 392 g/mol. The number of carbonyl (C=O) groups is 1. The number of nitrogens with one attached hydrogen (secondary N) is 1. The third-order valence-corrected chi connectivity index (χ3v) is 6.34. The second-order valence-electron chi connectivity index (χ2n) is 9.24. The molecule has 6 nitrogen and oxygen atoms in total. The molecule has 1 aliphatic heterocycles. The van der Waals surface area contributed by atoms with Crippen LogP contribution in [0.25, 0.3) is 0 Å². The van der Waals surface area contributed by atoms with Crippen LogP contribution in [0, 0.1) is 5.92 Å². The molecule has 0 spiro atoms. The van der Waals surface area contributed by atoms with Gasteiger partial charge in [0.05, 0.1) is 18.6 Å². The Morgan fingerprint density at radius 1 is 1.06 bits per heavy atom. The highest BCUT2D eigenvalue weighted by Gasteiger charge is 2.36. The van der Waals surface area contributed by atoms with Crippen molar-refractivity contribution in [1.82, 2.24) is 10.2 Å². The van der Waals surface area contributed by atoms with Gasteiger partial charge in [-0.15, -0.1) is 0 Å². The zero-order valence-corrected chi connectivity index (χ0v) is 18.9. The predicted octanol–water partition coefficient (Wildman–Crippen LogP) is 3.31. The Labute approximate surface area is 186 Å². The van der Waals surface area contributed by atoms with Crippen molar-refractivity contribution < 1.29 is 19.0 Å². The minimum atomic E-state index is 0.120. The van der Waals surface area contributed by atoms with E-state index in [1.165, 1.54) is 18.4 Å². The lowest BCUT2D eigenvalue weighted by molar-refractivity contribution is -0.137. The van der Waals surface area contributed by atoms with Crippen molar-refractivity contribution in [3.63, 3.8) is 0 Å². The smallest absolute Gasteiger partial charge is 0.227 e. The van der Waals surface area contributed by atoms with Crippen LogP contribution in [0.15, 0.2) is 18.2 Å². The first-order valence-electron chi connectivity index (χ1n) is 12.1. The number of amides is 1. The fraction of sp³-hybridized carbons (Fsp3) is 0.720. The number of nitrogens with zero attached hydrogens (tertiary/aromatic N) is 1. The Bertz CT molecular complexity index is 711. The lowest BCUT2D eigenvalue weighted by Gasteiger charge is -2.30. The van der Waals surface area contributed by atoms with Gasteiger partial charge in [0, 0.05) is 32.8 Å². The highest BCUT2D eigenvalue weighted by molar-refractivity contribution is 5.80. The summed E-state index contributed by atoms with van der Waals surface area (Å²) < 4.78 is 17.0. The van der Waals surface area contributed by atoms with Crippen LogP contribution >= 0.6 is 0 Å². The molecule has 1 saturated heterocycles. The summed E-state index contributed by atoms with van der Waals surface area (Å²) in [5.41, 5.74) is 2.41. The molecule has 1 atom stereocenters. The minimum Gasteiger partial charge on any atom is -0.491 e. The molecule has 1 unspecified atom stereocenters. The first-order valence-corrected chi connectivity index (χ1v) is 12.1. The fourth-order valence-corrected chi connectivity index (χ4v) is 4.34. The van der Waals surface area contributed by atoms with E-state index < -0.39 is 0 Å². The van der Waals surface area contributed by atoms with Gasteiger partial charge in [-0.3, -0.25) is 4.79 Å². The number of piperidine rings is 1. The number of rotatable bonds is 13. The van der Waals surface area contributed by atoms with E-state index in [9.17, 15) is 4.79 Å². The van der Waals surface area contributed by atoms with Gasteiger partial charge in [0.2, 0.25) is 5.91 Å². The van der Waals surface area contributed by atoms with Crippen LogP contribution in [0.3, 0.4) is 0 Å². The third kappa shape index (κ3) is 7.19. The summed E-state index contributed by atoms with van der Waals surface area (Å²) in [5.74, 6) is 1.32. The number of hydrogen-bond donors (Lipinski definition) is 1. The van der Waals surface area contributed by atoms with Gasteiger partial charge in [0.1, 0.15) is 12.4 Å². The minimum absolute atomic E-state index is 0.120. The van der Waals surface area contributed by atoms with Crippen LogP contribution in [-0.2, 0) is 27.2 Å². The van der Waals surface area contributed by atoms with Crippen molar-refractivity contribution in [3.05, 3.63) is 29.3 Å². The van der Waals surface area contributed by atoms with Gasteiger partial charge in [-0.2, -0.15) is 0 Å². The Balaban J connectivity index is 1.42. The second-order valence-corrected chi connectivity index (χ2v) is 9.24. The molecule has 3 fully saturated rings. The maximum absolute atomic E-state index is 13.3. The summed E-state index contributed by atoms with van der Waals surface area (Å²) in [6, 6.07) is 6.89. The summed E-state index contributed by atoms with van der Waals surface area (Å²) >= 11 is 0. The topological polar surface area (TPSA) is 60.0 Å². The highest BCUT2D eigenvalue weighted by Crippen LogP contribution is 2.32. The van der Waals surface area contributed by atoms with E-state index in [1.807, 2.05) is 0 Å². The Hall–Kier alpha value is -1.63. The van der Waals surface area contributed by atoms with Gasteiger partial charge in [-0.25, -0.2) is 0 Å². The SMILES string of the molecule is COCCCc1cc(CN(C(=O)C2CCCNC2)C2CC2)cc(OCCOC2CC2)c1. The van der Waals surface area contributed by atoms with Crippen LogP contribution in [0.2, 0.25) is 0 Å². The molecule has 2 saturated carbocycles. The van der Waals surface area contributed by atoms with Crippen LogP contribution < -0.4 is 10.1 Å². The molecule has 0 radical (unpaired) electrons. The van der Waals surface area contributed by atoms with Gasteiger partial charge in [-0.1, -0.05) is 6.07 Å². The largest absolute Gasteiger partial charge is 0.491 e. The number of ether oxygens (including phenoxy) is 3. The van der Waals surface area contributed by atoms with Gasteiger partial charge in [-0.05, 0) is 81.2 Å². The van der Waals surface area contributed by atoms with Gasteiger partial charge >= 0.3 is 0 Å². The van der Waals surface area contributed by atoms with Crippen molar-refractivity contribution >= 4 is 5.91 Å². The standard InChI is InChI=1S/C25H38N2O4/c1-29-11-3-4-19-14-20(16-24(15-19)31-13-12-30-23-8-9-23)18-27(22-6-7-22)25(28)21-5-2-10-26-17-21/h14-16,21-23,26H,2-13,17-18H2,1H3. The van der Waals surface area contributed by atoms with Crippen LogP contribution in [-0.4, -0.2) is 63.0 Å². The molecular formula is C25H38N2O4. The second kappa shape index (κ2) is 11.3. The normalized spacial score (nSPS) is 21.1.